The van der Waals surface area contributed by atoms with E-state index in [2.05, 4.69) is 9.97 Å². The van der Waals surface area contributed by atoms with Crippen molar-refractivity contribution in [1.82, 2.24) is 9.97 Å². The number of fused-ring (bicyclic) bond motifs is 1. The monoisotopic (exact) mass is 192 g/mol. The molecule has 0 aliphatic heterocycles. The highest BCUT2D eigenvalue weighted by Crippen LogP contribution is 2.16. The van der Waals surface area contributed by atoms with Crippen LogP contribution < -0.4 is 0 Å². The Kier molecular flexibility index (Phi) is 2.13. The van der Waals surface area contributed by atoms with Crippen molar-refractivity contribution in [1.29, 1.82) is 0 Å². The largest absolute Gasteiger partial charge is 0.388 e. The number of hydrogen-bond acceptors (Lipinski definition) is 3. The number of nitrogens with zero attached hydrogens (tertiary/aromatic N) is 2. The molecule has 3 nitrogen and oxygen atoms in total. The van der Waals surface area contributed by atoms with Crippen LogP contribution in [0.4, 0.5) is 4.39 Å². The molecule has 0 atom stereocenters. The summed E-state index contributed by atoms with van der Waals surface area (Å²) in [6.07, 6.45) is 0. The fourth-order valence-corrected chi connectivity index (χ4v) is 1.39. The molecule has 0 saturated carbocycles. The SMILES string of the molecule is Cc1nc(CO)nc2cc(F)ccc12. The van der Waals surface area contributed by atoms with E-state index in [-0.39, 0.29) is 12.4 Å². The smallest absolute Gasteiger partial charge is 0.154 e. The van der Waals surface area contributed by atoms with Crippen molar-refractivity contribution in [2.24, 2.45) is 0 Å². The second-order valence-electron chi connectivity index (χ2n) is 3.04. The van der Waals surface area contributed by atoms with Gasteiger partial charge in [0.25, 0.3) is 0 Å². The first-order valence-electron chi connectivity index (χ1n) is 4.24. The summed E-state index contributed by atoms with van der Waals surface area (Å²) in [5.41, 5.74) is 1.28. The van der Waals surface area contributed by atoms with Crippen LogP contribution in [0.25, 0.3) is 10.9 Å². The van der Waals surface area contributed by atoms with Crippen LogP contribution >= 0.6 is 0 Å². The molecule has 0 bridgehead atoms. The van der Waals surface area contributed by atoms with Gasteiger partial charge in [-0.2, -0.15) is 0 Å². The Labute approximate surface area is 80.2 Å². The normalized spacial score (nSPS) is 10.8. The summed E-state index contributed by atoms with van der Waals surface area (Å²) in [4.78, 5) is 8.08. The van der Waals surface area contributed by atoms with E-state index in [0.717, 1.165) is 11.1 Å². The van der Waals surface area contributed by atoms with Gasteiger partial charge in [0, 0.05) is 17.1 Å². The molecule has 2 rings (SSSR count). The molecule has 0 spiro atoms. The molecule has 72 valence electrons. The van der Waals surface area contributed by atoms with E-state index < -0.39 is 0 Å². The topological polar surface area (TPSA) is 46.0 Å². The van der Waals surface area contributed by atoms with Crippen molar-refractivity contribution in [2.75, 3.05) is 0 Å². The Hall–Kier alpha value is -1.55. The lowest BCUT2D eigenvalue weighted by Crippen LogP contribution is -1.98. The molecule has 0 aliphatic rings. The molecule has 0 radical (unpaired) electrons. The molecule has 0 fully saturated rings. The van der Waals surface area contributed by atoms with Crippen molar-refractivity contribution in [3.63, 3.8) is 0 Å². The highest BCUT2D eigenvalue weighted by Gasteiger charge is 2.04. The summed E-state index contributed by atoms with van der Waals surface area (Å²) in [5.74, 6) is -0.0138. The maximum absolute atomic E-state index is 12.9. The molecule has 0 unspecified atom stereocenters. The van der Waals surface area contributed by atoms with E-state index in [1.54, 1.807) is 13.0 Å². The Morgan fingerprint density at radius 2 is 2.14 bits per heavy atom. The van der Waals surface area contributed by atoms with Gasteiger partial charge in [-0.15, -0.1) is 0 Å². The quantitative estimate of drug-likeness (QED) is 0.746. The molecule has 0 saturated heterocycles. The van der Waals surface area contributed by atoms with Crippen LogP contribution in [0, 0.1) is 12.7 Å². The Bertz CT molecular complexity index is 485. The fraction of sp³-hybridized carbons (Fsp3) is 0.200. The van der Waals surface area contributed by atoms with Crippen molar-refractivity contribution in [3.8, 4) is 0 Å². The number of aliphatic hydroxyl groups excluding tert-OH is 1. The number of hydrogen-bond donors (Lipinski definition) is 1. The van der Waals surface area contributed by atoms with E-state index in [4.69, 9.17) is 5.11 Å². The summed E-state index contributed by atoms with van der Waals surface area (Å²) in [7, 11) is 0. The van der Waals surface area contributed by atoms with Crippen molar-refractivity contribution in [3.05, 3.63) is 35.5 Å². The van der Waals surface area contributed by atoms with Gasteiger partial charge in [0.05, 0.1) is 5.52 Å². The van der Waals surface area contributed by atoms with E-state index in [1.807, 2.05) is 0 Å². The first-order chi connectivity index (χ1) is 6.70. The Morgan fingerprint density at radius 3 is 2.86 bits per heavy atom. The van der Waals surface area contributed by atoms with Crippen LogP contribution in [0.3, 0.4) is 0 Å². The minimum atomic E-state index is -0.334. The van der Waals surface area contributed by atoms with Gasteiger partial charge in [-0.3, -0.25) is 0 Å². The number of aromatic nitrogens is 2. The third kappa shape index (κ3) is 1.44. The zero-order valence-electron chi connectivity index (χ0n) is 7.66. The molecule has 2 aromatic rings. The summed E-state index contributed by atoms with van der Waals surface area (Å²) >= 11 is 0. The molecule has 14 heavy (non-hydrogen) atoms. The van der Waals surface area contributed by atoms with Gasteiger partial charge in [0.2, 0.25) is 0 Å². The first kappa shape index (κ1) is 9.02. The lowest BCUT2D eigenvalue weighted by molar-refractivity contribution is 0.271. The molecule has 1 N–H and O–H groups in total. The van der Waals surface area contributed by atoms with Crippen LogP contribution in [0.5, 0.6) is 0 Å². The average molecular weight is 192 g/mol. The van der Waals surface area contributed by atoms with Crippen LogP contribution in [0.2, 0.25) is 0 Å². The van der Waals surface area contributed by atoms with Crippen molar-refractivity contribution >= 4 is 10.9 Å². The predicted octanol–water partition coefficient (Wildman–Crippen LogP) is 1.57. The lowest BCUT2D eigenvalue weighted by atomic mass is 10.2. The van der Waals surface area contributed by atoms with Gasteiger partial charge >= 0.3 is 0 Å². The minimum absolute atomic E-state index is 0.229. The fourth-order valence-electron chi connectivity index (χ4n) is 1.39. The maximum atomic E-state index is 12.9. The molecular weight excluding hydrogens is 183 g/mol. The van der Waals surface area contributed by atoms with Crippen LogP contribution in [0.1, 0.15) is 11.5 Å². The molecule has 1 aromatic heterocycles. The second kappa shape index (κ2) is 3.31. The second-order valence-corrected chi connectivity index (χ2v) is 3.04. The number of halogens is 1. The molecule has 1 aromatic carbocycles. The first-order valence-corrected chi connectivity index (χ1v) is 4.24. The van der Waals surface area contributed by atoms with Crippen LogP contribution in [0.15, 0.2) is 18.2 Å². The van der Waals surface area contributed by atoms with Crippen molar-refractivity contribution in [2.45, 2.75) is 13.5 Å². The van der Waals surface area contributed by atoms with Gasteiger partial charge in [0.1, 0.15) is 12.4 Å². The number of rotatable bonds is 1. The Balaban J connectivity index is 2.77. The zero-order valence-corrected chi connectivity index (χ0v) is 7.66. The van der Waals surface area contributed by atoms with Gasteiger partial charge in [-0.05, 0) is 19.1 Å². The summed E-state index contributed by atoms with van der Waals surface area (Å²) in [5, 5.41) is 9.68. The van der Waals surface area contributed by atoms with Crippen LogP contribution in [-0.4, -0.2) is 15.1 Å². The maximum Gasteiger partial charge on any atom is 0.154 e. The summed E-state index contributed by atoms with van der Waals surface area (Å²) in [6, 6.07) is 4.35. The van der Waals surface area contributed by atoms with Gasteiger partial charge in [0.15, 0.2) is 5.82 Å². The molecular formula is C10H9FN2O. The standard InChI is InChI=1S/C10H9FN2O/c1-6-8-3-2-7(11)4-9(8)13-10(5-14)12-6/h2-4,14H,5H2,1H3. The van der Waals surface area contributed by atoms with E-state index in [9.17, 15) is 4.39 Å². The third-order valence-corrected chi connectivity index (χ3v) is 2.04. The number of benzene rings is 1. The summed E-state index contributed by atoms with van der Waals surface area (Å²) < 4.78 is 12.9. The minimum Gasteiger partial charge on any atom is -0.388 e. The lowest BCUT2D eigenvalue weighted by Gasteiger charge is -2.03. The predicted molar refractivity (Wildman–Crippen MR) is 50.2 cm³/mol. The average Bonchev–Trinajstić information content (AvgIpc) is 2.16. The highest BCUT2D eigenvalue weighted by molar-refractivity contribution is 5.80. The summed E-state index contributed by atoms with van der Waals surface area (Å²) in [6.45, 7) is 1.58. The van der Waals surface area contributed by atoms with Gasteiger partial charge in [-0.1, -0.05) is 0 Å². The van der Waals surface area contributed by atoms with Crippen LogP contribution in [-0.2, 0) is 6.61 Å². The molecule has 1 heterocycles. The Morgan fingerprint density at radius 1 is 1.36 bits per heavy atom. The third-order valence-electron chi connectivity index (χ3n) is 2.04. The van der Waals surface area contributed by atoms with Gasteiger partial charge in [-0.25, -0.2) is 14.4 Å². The van der Waals surface area contributed by atoms with Crippen molar-refractivity contribution < 1.29 is 9.50 Å². The van der Waals surface area contributed by atoms with E-state index in [1.165, 1.54) is 12.1 Å². The molecule has 0 amide bonds. The highest BCUT2D eigenvalue weighted by atomic mass is 19.1. The number of aliphatic hydroxyl groups is 1. The molecule has 0 aliphatic carbocycles. The number of aryl methyl sites for hydroxylation is 1. The van der Waals surface area contributed by atoms with E-state index >= 15 is 0 Å². The molecule has 4 heteroatoms. The zero-order chi connectivity index (χ0) is 10.1. The van der Waals surface area contributed by atoms with Gasteiger partial charge < -0.3 is 5.11 Å². The van der Waals surface area contributed by atoms with E-state index in [0.29, 0.717) is 11.3 Å².